The van der Waals surface area contributed by atoms with E-state index in [-0.39, 0.29) is 6.04 Å². The standard InChI is InChI=1S/C13H22N2O/c14-10-12(15-11-6-7-11)8-9-16-13-4-2-1-3-5-13/h11-13,15H,1-9H2. The van der Waals surface area contributed by atoms with Crippen LogP contribution < -0.4 is 5.32 Å². The Bertz CT molecular complexity index is 239. The number of hydrogen-bond acceptors (Lipinski definition) is 3. The van der Waals surface area contributed by atoms with Crippen LogP contribution in [0.3, 0.4) is 0 Å². The highest BCUT2D eigenvalue weighted by atomic mass is 16.5. The summed E-state index contributed by atoms with van der Waals surface area (Å²) in [6, 6.07) is 2.93. The van der Waals surface area contributed by atoms with Crippen LogP contribution in [-0.4, -0.2) is 24.8 Å². The monoisotopic (exact) mass is 222 g/mol. The van der Waals surface area contributed by atoms with E-state index in [1.54, 1.807) is 0 Å². The molecule has 0 spiro atoms. The lowest BCUT2D eigenvalue weighted by molar-refractivity contribution is 0.0253. The van der Waals surface area contributed by atoms with E-state index in [9.17, 15) is 0 Å². The largest absolute Gasteiger partial charge is 0.378 e. The van der Waals surface area contributed by atoms with Crippen molar-refractivity contribution in [1.29, 1.82) is 5.26 Å². The van der Waals surface area contributed by atoms with Gasteiger partial charge in [-0.25, -0.2) is 0 Å². The highest BCUT2D eigenvalue weighted by molar-refractivity contribution is 4.95. The fourth-order valence-electron chi connectivity index (χ4n) is 2.30. The Morgan fingerprint density at radius 1 is 1.19 bits per heavy atom. The molecule has 3 nitrogen and oxygen atoms in total. The van der Waals surface area contributed by atoms with Gasteiger partial charge in [-0.3, -0.25) is 5.32 Å². The van der Waals surface area contributed by atoms with Gasteiger partial charge in [0.15, 0.2) is 0 Å². The van der Waals surface area contributed by atoms with Crippen molar-refractivity contribution in [2.75, 3.05) is 6.61 Å². The molecule has 0 saturated heterocycles. The van der Waals surface area contributed by atoms with Crippen LogP contribution in [0.5, 0.6) is 0 Å². The molecule has 0 bridgehead atoms. The van der Waals surface area contributed by atoms with Crippen LogP contribution in [0.2, 0.25) is 0 Å². The van der Waals surface area contributed by atoms with E-state index in [1.807, 2.05) is 0 Å². The molecule has 90 valence electrons. The van der Waals surface area contributed by atoms with Gasteiger partial charge in [0, 0.05) is 12.6 Å². The average Bonchev–Trinajstić information content (AvgIpc) is 3.13. The van der Waals surface area contributed by atoms with E-state index in [0.717, 1.165) is 13.0 Å². The van der Waals surface area contributed by atoms with Crippen molar-refractivity contribution in [3.8, 4) is 6.07 Å². The molecule has 2 fully saturated rings. The van der Waals surface area contributed by atoms with E-state index in [2.05, 4.69) is 11.4 Å². The maximum absolute atomic E-state index is 8.97. The first kappa shape index (κ1) is 11.9. The molecule has 1 atom stereocenters. The van der Waals surface area contributed by atoms with Gasteiger partial charge in [-0.15, -0.1) is 0 Å². The van der Waals surface area contributed by atoms with Gasteiger partial charge in [-0.1, -0.05) is 19.3 Å². The number of nitriles is 1. The Morgan fingerprint density at radius 3 is 2.56 bits per heavy atom. The smallest absolute Gasteiger partial charge is 0.0977 e. The molecule has 1 N–H and O–H groups in total. The van der Waals surface area contributed by atoms with Crippen LogP contribution in [0.1, 0.15) is 51.4 Å². The molecule has 0 aromatic rings. The fourth-order valence-corrected chi connectivity index (χ4v) is 2.30. The Morgan fingerprint density at radius 2 is 1.94 bits per heavy atom. The molecule has 2 aliphatic rings. The van der Waals surface area contributed by atoms with Crippen molar-refractivity contribution in [3.63, 3.8) is 0 Å². The maximum atomic E-state index is 8.97. The van der Waals surface area contributed by atoms with Crippen molar-refractivity contribution in [1.82, 2.24) is 5.32 Å². The third-order valence-electron chi connectivity index (χ3n) is 3.48. The molecule has 0 aromatic carbocycles. The zero-order valence-electron chi connectivity index (χ0n) is 9.95. The Labute approximate surface area is 98.2 Å². The Hall–Kier alpha value is -0.590. The SMILES string of the molecule is N#CC(CCOC1CCCCC1)NC1CC1. The van der Waals surface area contributed by atoms with E-state index in [4.69, 9.17) is 10.00 Å². The van der Waals surface area contributed by atoms with Crippen LogP contribution in [0, 0.1) is 11.3 Å². The van der Waals surface area contributed by atoms with Crippen LogP contribution in [0.4, 0.5) is 0 Å². The molecule has 0 radical (unpaired) electrons. The van der Waals surface area contributed by atoms with Gasteiger partial charge in [-0.2, -0.15) is 5.26 Å². The number of ether oxygens (including phenoxy) is 1. The minimum absolute atomic E-state index is 0.00362. The highest BCUT2D eigenvalue weighted by Crippen LogP contribution is 2.21. The third kappa shape index (κ3) is 4.11. The second-order valence-corrected chi connectivity index (χ2v) is 5.04. The quantitative estimate of drug-likeness (QED) is 0.750. The van der Waals surface area contributed by atoms with Gasteiger partial charge in [-0.05, 0) is 32.1 Å². The van der Waals surface area contributed by atoms with E-state index in [0.29, 0.717) is 12.1 Å². The van der Waals surface area contributed by atoms with Gasteiger partial charge in [0.2, 0.25) is 0 Å². The molecule has 16 heavy (non-hydrogen) atoms. The summed E-state index contributed by atoms with van der Waals surface area (Å²) in [7, 11) is 0. The van der Waals surface area contributed by atoms with Gasteiger partial charge in [0.1, 0.15) is 0 Å². The summed E-state index contributed by atoms with van der Waals surface area (Å²) < 4.78 is 5.83. The summed E-state index contributed by atoms with van der Waals surface area (Å²) in [5.74, 6) is 0. The predicted octanol–water partition coefficient (Wildman–Crippen LogP) is 2.37. The van der Waals surface area contributed by atoms with Gasteiger partial charge in [0.25, 0.3) is 0 Å². The van der Waals surface area contributed by atoms with Crippen molar-refractivity contribution in [2.45, 2.75) is 69.6 Å². The van der Waals surface area contributed by atoms with Crippen LogP contribution >= 0.6 is 0 Å². The topological polar surface area (TPSA) is 45.0 Å². The minimum atomic E-state index is -0.00362. The van der Waals surface area contributed by atoms with Crippen LogP contribution in [-0.2, 0) is 4.74 Å². The van der Waals surface area contributed by atoms with Gasteiger partial charge in [0.05, 0.1) is 18.2 Å². The normalized spacial score (nSPS) is 23.9. The summed E-state index contributed by atoms with van der Waals surface area (Å²) in [4.78, 5) is 0. The van der Waals surface area contributed by atoms with E-state index < -0.39 is 0 Å². The summed E-state index contributed by atoms with van der Waals surface area (Å²) in [6.07, 6.45) is 10.2. The lowest BCUT2D eigenvalue weighted by Gasteiger charge is -2.22. The first-order chi connectivity index (χ1) is 7.88. The summed E-state index contributed by atoms with van der Waals surface area (Å²) in [5, 5.41) is 12.3. The van der Waals surface area contributed by atoms with Crippen molar-refractivity contribution in [3.05, 3.63) is 0 Å². The number of nitrogens with zero attached hydrogens (tertiary/aromatic N) is 1. The first-order valence-corrected chi connectivity index (χ1v) is 6.66. The highest BCUT2D eigenvalue weighted by Gasteiger charge is 2.24. The minimum Gasteiger partial charge on any atom is -0.378 e. The average molecular weight is 222 g/mol. The third-order valence-corrected chi connectivity index (χ3v) is 3.48. The van der Waals surface area contributed by atoms with Crippen molar-refractivity contribution >= 4 is 0 Å². The molecule has 0 amide bonds. The zero-order valence-corrected chi connectivity index (χ0v) is 9.95. The zero-order chi connectivity index (χ0) is 11.2. The summed E-state index contributed by atoms with van der Waals surface area (Å²) in [6.45, 7) is 0.739. The Kier molecular flexibility index (Phi) is 4.62. The molecular formula is C13H22N2O. The van der Waals surface area contributed by atoms with Crippen molar-refractivity contribution in [2.24, 2.45) is 0 Å². The molecule has 0 aliphatic heterocycles. The molecule has 0 heterocycles. The lowest BCUT2D eigenvalue weighted by atomic mass is 9.98. The number of nitrogens with one attached hydrogen (secondary N) is 1. The maximum Gasteiger partial charge on any atom is 0.0977 e. The second-order valence-electron chi connectivity index (χ2n) is 5.04. The van der Waals surface area contributed by atoms with E-state index >= 15 is 0 Å². The molecular weight excluding hydrogens is 200 g/mol. The predicted molar refractivity (Wildman–Crippen MR) is 63.0 cm³/mol. The summed E-state index contributed by atoms with van der Waals surface area (Å²) >= 11 is 0. The lowest BCUT2D eigenvalue weighted by Crippen LogP contribution is -2.31. The van der Waals surface area contributed by atoms with Crippen LogP contribution in [0.25, 0.3) is 0 Å². The fraction of sp³-hybridized carbons (Fsp3) is 0.923. The summed E-state index contributed by atoms with van der Waals surface area (Å²) in [5.41, 5.74) is 0. The molecule has 2 rings (SSSR count). The van der Waals surface area contributed by atoms with Gasteiger partial charge < -0.3 is 4.74 Å². The number of rotatable bonds is 6. The Balaban J connectivity index is 1.56. The molecule has 0 aromatic heterocycles. The van der Waals surface area contributed by atoms with E-state index in [1.165, 1.54) is 44.9 Å². The number of hydrogen-bond donors (Lipinski definition) is 1. The van der Waals surface area contributed by atoms with Crippen LogP contribution in [0.15, 0.2) is 0 Å². The molecule has 1 unspecified atom stereocenters. The molecule has 2 aliphatic carbocycles. The van der Waals surface area contributed by atoms with Gasteiger partial charge >= 0.3 is 0 Å². The first-order valence-electron chi connectivity index (χ1n) is 6.66. The van der Waals surface area contributed by atoms with Crippen molar-refractivity contribution < 1.29 is 4.74 Å². The molecule has 3 heteroatoms. The molecule has 2 saturated carbocycles. The second kappa shape index (κ2) is 6.22.